The second-order valence-electron chi connectivity index (χ2n) is 6.75. The first-order valence-corrected chi connectivity index (χ1v) is 8.87. The Balaban J connectivity index is 1.83. The number of aliphatic hydroxyl groups is 1. The number of nitrogens with one attached hydrogen (secondary N) is 2. The highest BCUT2D eigenvalue weighted by atomic mass is 16.3. The predicted molar refractivity (Wildman–Crippen MR) is 98.8 cm³/mol. The fraction of sp³-hybridized carbons (Fsp3) is 0.300. The number of urea groups is 1. The maximum Gasteiger partial charge on any atom is 0.329 e. The standard InChI is InChI=1S/C20H21N3O3/c1-2-13-7-11-15(12-8-13)23-19(25)22-17-6-4-3-5-16(17)20(23,26)18(24)21-14-9-10-14/h3-8,11-12,14,26H,2,9-10H2,1H3,(H,21,24)(H,22,25). The Kier molecular flexibility index (Phi) is 3.92. The molecular formula is C20H21N3O3. The van der Waals surface area contributed by atoms with Gasteiger partial charge >= 0.3 is 6.03 Å². The molecule has 0 spiro atoms. The third kappa shape index (κ3) is 2.63. The molecule has 0 aromatic heterocycles. The number of benzene rings is 2. The maximum atomic E-state index is 13.0. The minimum absolute atomic E-state index is 0.0630. The molecule has 6 heteroatoms. The monoisotopic (exact) mass is 351 g/mol. The van der Waals surface area contributed by atoms with Crippen molar-refractivity contribution in [2.45, 2.75) is 38.0 Å². The number of carbonyl (C=O) groups excluding carboxylic acids is 2. The number of carbonyl (C=O) groups is 2. The molecule has 3 amide bonds. The molecule has 1 aliphatic heterocycles. The zero-order valence-electron chi connectivity index (χ0n) is 14.5. The van der Waals surface area contributed by atoms with Crippen LogP contribution in [0.15, 0.2) is 48.5 Å². The number of fused-ring (bicyclic) bond motifs is 1. The zero-order valence-corrected chi connectivity index (χ0v) is 14.5. The molecule has 2 aromatic carbocycles. The molecule has 1 aliphatic carbocycles. The highest BCUT2D eigenvalue weighted by Crippen LogP contribution is 2.40. The van der Waals surface area contributed by atoms with Gasteiger partial charge in [0.15, 0.2) is 0 Å². The first-order chi connectivity index (χ1) is 12.5. The van der Waals surface area contributed by atoms with E-state index in [-0.39, 0.29) is 6.04 Å². The lowest BCUT2D eigenvalue weighted by atomic mass is 9.94. The van der Waals surface area contributed by atoms with Gasteiger partial charge in [-0.05, 0) is 43.0 Å². The fourth-order valence-corrected chi connectivity index (χ4v) is 3.26. The van der Waals surface area contributed by atoms with Crippen molar-refractivity contribution in [3.05, 3.63) is 59.7 Å². The largest absolute Gasteiger partial charge is 0.359 e. The van der Waals surface area contributed by atoms with Crippen LogP contribution in [0.2, 0.25) is 0 Å². The topological polar surface area (TPSA) is 81.7 Å². The minimum Gasteiger partial charge on any atom is -0.359 e. The number of para-hydroxylation sites is 1. The van der Waals surface area contributed by atoms with Gasteiger partial charge in [-0.1, -0.05) is 37.3 Å². The summed E-state index contributed by atoms with van der Waals surface area (Å²) in [6.45, 7) is 2.04. The average Bonchev–Trinajstić information content (AvgIpc) is 3.46. The van der Waals surface area contributed by atoms with E-state index in [1.54, 1.807) is 36.4 Å². The van der Waals surface area contributed by atoms with Crippen LogP contribution in [0, 0.1) is 0 Å². The smallest absolute Gasteiger partial charge is 0.329 e. The van der Waals surface area contributed by atoms with E-state index in [4.69, 9.17) is 0 Å². The average molecular weight is 351 g/mol. The third-order valence-corrected chi connectivity index (χ3v) is 4.90. The highest BCUT2D eigenvalue weighted by molar-refractivity contribution is 6.11. The molecule has 0 saturated heterocycles. The Labute approximate surface area is 151 Å². The van der Waals surface area contributed by atoms with Crippen molar-refractivity contribution in [3.8, 4) is 0 Å². The van der Waals surface area contributed by atoms with Crippen molar-refractivity contribution in [3.63, 3.8) is 0 Å². The second kappa shape index (κ2) is 6.14. The van der Waals surface area contributed by atoms with E-state index in [2.05, 4.69) is 10.6 Å². The molecule has 1 heterocycles. The van der Waals surface area contributed by atoms with E-state index in [9.17, 15) is 14.7 Å². The summed E-state index contributed by atoms with van der Waals surface area (Å²) in [5.41, 5.74) is 0.264. The van der Waals surface area contributed by atoms with Crippen molar-refractivity contribution in [1.82, 2.24) is 5.32 Å². The van der Waals surface area contributed by atoms with Crippen molar-refractivity contribution in [2.75, 3.05) is 10.2 Å². The number of anilines is 2. The van der Waals surface area contributed by atoms with Crippen LogP contribution in [-0.4, -0.2) is 23.1 Å². The maximum absolute atomic E-state index is 13.0. The van der Waals surface area contributed by atoms with Crippen LogP contribution in [0.25, 0.3) is 0 Å². The van der Waals surface area contributed by atoms with E-state index in [0.717, 1.165) is 29.7 Å². The van der Waals surface area contributed by atoms with Gasteiger partial charge < -0.3 is 15.7 Å². The quantitative estimate of drug-likeness (QED) is 0.792. The molecule has 2 aromatic rings. The highest BCUT2D eigenvalue weighted by Gasteiger charge is 2.52. The van der Waals surface area contributed by atoms with Crippen molar-refractivity contribution < 1.29 is 14.7 Å². The van der Waals surface area contributed by atoms with Crippen LogP contribution in [-0.2, 0) is 16.9 Å². The van der Waals surface area contributed by atoms with Crippen LogP contribution in [0.3, 0.4) is 0 Å². The number of hydrogen-bond donors (Lipinski definition) is 3. The van der Waals surface area contributed by atoms with Crippen molar-refractivity contribution in [2.24, 2.45) is 0 Å². The summed E-state index contributed by atoms with van der Waals surface area (Å²) in [4.78, 5) is 26.9. The summed E-state index contributed by atoms with van der Waals surface area (Å²) in [6, 6.07) is 13.6. The fourth-order valence-electron chi connectivity index (χ4n) is 3.26. The molecule has 0 radical (unpaired) electrons. The first-order valence-electron chi connectivity index (χ1n) is 8.87. The van der Waals surface area contributed by atoms with E-state index < -0.39 is 17.7 Å². The lowest BCUT2D eigenvalue weighted by molar-refractivity contribution is -0.140. The van der Waals surface area contributed by atoms with E-state index in [1.165, 1.54) is 0 Å². The summed E-state index contributed by atoms with van der Waals surface area (Å²) in [6.07, 6.45) is 2.64. The summed E-state index contributed by atoms with van der Waals surface area (Å²) in [7, 11) is 0. The number of rotatable bonds is 4. The Hall–Kier alpha value is -2.86. The molecule has 2 aliphatic rings. The van der Waals surface area contributed by atoms with Gasteiger partial charge in [0, 0.05) is 17.3 Å². The van der Waals surface area contributed by atoms with Gasteiger partial charge in [0.2, 0.25) is 0 Å². The first kappa shape index (κ1) is 16.6. The van der Waals surface area contributed by atoms with E-state index in [0.29, 0.717) is 16.9 Å². The molecule has 1 fully saturated rings. The predicted octanol–water partition coefficient (Wildman–Crippen LogP) is 2.72. The van der Waals surface area contributed by atoms with Crippen LogP contribution in [0.1, 0.15) is 30.9 Å². The molecular weight excluding hydrogens is 330 g/mol. The van der Waals surface area contributed by atoms with Gasteiger partial charge in [-0.3, -0.25) is 9.69 Å². The van der Waals surface area contributed by atoms with Crippen molar-refractivity contribution >= 4 is 23.3 Å². The molecule has 4 rings (SSSR count). The van der Waals surface area contributed by atoms with Crippen LogP contribution >= 0.6 is 0 Å². The Bertz CT molecular complexity index is 861. The van der Waals surface area contributed by atoms with Gasteiger partial charge in [0.25, 0.3) is 11.6 Å². The SMILES string of the molecule is CCc1ccc(N2C(=O)Nc3ccccc3C2(O)C(=O)NC2CC2)cc1. The summed E-state index contributed by atoms with van der Waals surface area (Å²) >= 11 is 0. The van der Waals surface area contributed by atoms with Gasteiger partial charge in [-0.15, -0.1) is 0 Å². The van der Waals surface area contributed by atoms with E-state index in [1.807, 2.05) is 19.1 Å². The molecule has 134 valence electrons. The molecule has 26 heavy (non-hydrogen) atoms. The van der Waals surface area contributed by atoms with Crippen LogP contribution < -0.4 is 15.5 Å². The third-order valence-electron chi connectivity index (χ3n) is 4.90. The molecule has 3 N–H and O–H groups in total. The molecule has 0 bridgehead atoms. The summed E-state index contributed by atoms with van der Waals surface area (Å²) < 4.78 is 0. The molecule has 1 unspecified atom stereocenters. The van der Waals surface area contributed by atoms with E-state index >= 15 is 0 Å². The number of hydrogen-bond acceptors (Lipinski definition) is 3. The molecule has 1 saturated carbocycles. The van der Waals surface area contributed by atoms with Gasteiger partial charge in [0.1, 0.15) is 0 Å². The molecule has 1 atom stereocenters. The Morgan fingerprint density at radius 2 is 1.92 bits per heavy atom. The summed E-state index contributed by atoms with van der Waals surface area (Å²) in [5, 5.41) is 17.1. The number of amides is 3. The summed E-state index contributed by atoms with van der Waals surface area (Å²) in [5.74, 6) is -0.582. The zero-order chi connectivity index (χ0) is 18.3. The second-order valence-corrected chi connectivity index (χ2v) is 6.75. The van der Waals surface area contributed by atoms with Crippen LogP contribution in [0.4, 0.5) is 16.2 Å². The Morgan fingerprint density at radius 1 is 1.23 bits per heavy atom. The lowest BCUT2D eigenvalue weighted by Gasteiger charge is -2.42. The Morgan fingerprint density at radius 3 is 2.58 bits per heavy atom. The number of nitrogens with zero attached hydrogens (tertiary/aromatic N) is 1. The molecule has 6 nitrogen and oxygen atoms in total. The van der Waals surface area contributed by atoms with Gasteiger partial charge in [-0.25, -0.2) is 4.79 Å². The normalized spacial score (nSPS) is 21.8. The van der Waals surface area contributed by atoms with Crippen LogP contribution in [0.5, 0.6) is 0 Å². The van der Waals surface area contributed by atoms with Gasteiger partial charge in [0.05, 0.1) is 5.69 Å². The van der Waals surface area contributed by atoms with Crippen molar-refractivity contribution in [1.29, 1.82) is 0 Å². The van der Waals surface area contributed by atoms with Gasteiger partial charge in [-0.2, -0.15) is 0 Å². The number of aryl methyl sites for hydroxylation is 1. The minimum atomic E-state index is -2.10. The lowest BCUT2D eigenvalue weighted by Crippen LogP contribution is -2.62.